The van der Waals surface area contributed by atoms with E-state index >= 15 is 0 Å². The summed E-state index contributed by atoms with van der Waals surface area (Å²) < 4.78 is 50.4. The highest BCUT2D eigenvalue weighted by molar-refractivity contribution is 7.90. The number of aromatic amines is 1. The maximum Gasteiger partial charge on any atom is 0.312 e. The summed E-state index contributed by atoms with van der Waals surface area (Å²) in [5, 5.41) is 25.4. The third-order valence-corrected chi connectivity index (χ3v) is 16.1. The summed E-state index contributed by atoms with van der Waals surface area (Å²) in [4.78, 5) is 40.7. The molecular formula is C48H56ClFN8O7S. The third-order valence-electron chi connectivity index (χ3n) is 14.5. The smallest absolute Gasteiger partial charge is 0.312 e. The van der Waals surface area contributed by atoms with Crippen molar-refractivity contribution in [1.29, 1.82) is 0 Å². The minimum atomic E-state index is -4.71. The number of nitrogens with zero attached hydrogens (tertiary/aromatic N) is 5. The zero-order chi connectivity index (χ0) is 46.5. The first-order chi connectivity index (χ1) is 31.5. The second-order valence-corrected chi connectivity index (χ2v) is 21.5. The van der Waals surface area contributed by atoms with E-state index in [1.54, 1.807) is 19.1 Å². The Morgan fingerprint density at radius 1 is 1.06 bits per heavy atom. The number of pyridine rings is 2. The van der Waals surface area contributed by atoms with Gasteiger partial charge in [-0.15, -0.1) is 0 Å². The summed E-state index contributed by atoms with van der Waals surface area (Å²) >= 11 is 6.51. The number of ether oxygens (including phenoxy) is 1. The van der Waals surface area contributed by atoms with Crippen molar-refractivity contribution in [2.45, 2.75) is 107 Å². The average Bonchev–Trinajstić information content (AvgIpc) is 3.91. The predicted octanol–water partition coefficient (Wildman–Crippen LogP) is 9.28. The highest BCUT2D eigenvalue weighted by Crippen LogP contribution is 2.49. The van der Waals surface area contributed by atoms with Crippen LogP contribution in [-0.2, 0) is 10.0 Å². The van der Waals surface area contributed by atoms with E-state index in [4.69, 9.17) is 16.3 Å². The molecule has 3 aromatic heterocycles. The number of hydrogen-bond acceptors (Lipinski definition) is 12. The Hall–Kier alpha value is -5.36. The molecule has 5 aromatic rings. The molecule has 2 saturated heterocycles. The number of aromatic nitrogens is 3. The molecule has 9 rings (SSSR count). The molecule has 2 atom stereocenters. The van der Waals surface area contributed by atoms with Crippen LogP contribution in [0.4, 0.5) is 21.6 Å². The number of nitro groups is 1. The second-order valence-electron chi connectivity index (χ2n) is 19.4. The lowest BCUT2D eigenvalue weighted by atomic mass is 9.70. The number of nitrogens with one attached hydrogen (secondary N) is 3. The molecule has 2 aliphatic carbocycles. The number of H-pyrrole nitrogens is 1. The lowest BCUT2D eigenvalue weighted by molar-refractivity contribution is -0.384. The first-order valence-corrected chi connectivity index (χ1v) is 24.7. The lowest BCUT2D eigenvalue weighted by Gasteiger charge is -2.57. The molecule has 4 aliphatic rings. The molecular weight excluding hydrogens is 887 g/mol. The molecule has 66 heavy (non-hydrogen) atoms. The molecule has 2 aliphatic heterocycles. The fourth-order valence-corrected chi connectivity index (χ4v) is 11.8. The molecule has 0 unspecified atom stereocenters. The van der Waals surface area contributed by atoms with Crippen molar-refractivity contribution >= 4 is 55.8 Å². The molecule has 1 spiro atoms. The van der Waals surface area contributed by atoms with E-state index in [2.05, 4.69) is 68.2 Å². The van der Waals surface area contributed by atoms with Gasteiger partial charge in [0.05, 0.1) is 27.7 Å². The van der Waals surface area contributed by atoms with Crippen molar-refractivity contribution in [3.8, 4) is 11.5 Å². The molecule has 350 valence electrons. The normalized spacial score (nSPS) is 23.3. The number of halogens is 2. The van der Waals surface area contributed by atoms with Crippen LogP contribution in [0.2, 0.25) is 5.15 Å². The van der Waals surface area contributed by atoms with E-state index in [0.29, 0.717) is 50.1 Å². The first-order valence-electron chi connectivity index (χ1n) is 22.9. The van der Waals surface area contributed by atoms with Crippen LogP contribution in [0.3, 0.4) is 0 Å². The standard InChI is InChI=1S/C48H56ClFN8O7S/c1-29(2)33-7-4-5-8-34(33)35-9-6-10-39(35)57-27-48(28-57)17-19-56(20-18-48)31-11-12-36(41(21-31)65-42-23-37-38(50)26-53-44(37)54-43(42)49)46(59)55-66(63,64)32-22-40(58(61)62)45(52-25-32)51-24-30-13-15-47(3,60)16-14-30/h4-5,7-8,11-12,21-23,25-26,29-30,35,39,60H,6,9-10,13-20,24,27-28H2,1-3H3,(H,51,52)(H,53,54)(H,55,59)/t30?,35-,39-,47?/m0/s1. The number of anilines is 2. The van der Waals surface area contributed by atoms with E-state index in [-0.39, 0.29) is 50.4 Å². The van der Waals surface area contributed by atoms with Gasteiger partial charge >= 0.3 is 5.69 Å². The molecule has 5 heterocycles. The number of benzene rings is 2. The van der Waals surface area contributed by atoms with E-state index in [0.717, 1.165) is 63.2 Å². The number of carbonyl (C=O) groups excluding carboxylic acids is 1. The van der Waals surface area contributed by atoms with Gasteiger partial charge in [-0.1, -0.05) is 56.1 Å². The van der Waals surface area contributed by atoms with Crippen LogP contribution in [0, 0.1) is 27.3 Å². The lowest BCUT2D eigenvalue weighted by Crippen LogP contribution is -2.63. The van der Waals surface area contributed by atoms with Crippen molar-refractivity contribution < 1.29 is 32.4 Å². The molecule has 2 saturated carbocycles. The van der Waals surface area contributed by atoms with Crippen LogP contribution >= 0.6 is 11.6 Å². The Kier molecular flexibility index (Phi) is 12.5. The third kappa shape index (κ3) is 9.31. The van der Waals surface area contributed by atoms with E-state index in [1.165, 1.54) is 42.5 Å². The quantitative estimate of drug-likeness (QED) is 0.0497. The molecule has 4 fully saturated rings. The van der Waals surface area contributed by atoms with Gasteiger partial charge in [-0.25, -0.2) is 27.5 Å². The minimum absolute atomic E-state index is 0.0591. The maximum atomic E-state index is 14.7. The SMILES string of the molecule is CC(C)c1ccccc1[C@@H]1CCC[C@@H]1N1CC2(CCN(c3ccc(C(=O)NS(=O)(=O)c4cnc(NCC5CCC(C)(O)CC5)c([N+](=O)[O-])c4)c(Oc4cc5c(F)c[nH]c5nc4Cl)c3)CC2)C1. The highest BCUT2D eigenvalue weighted by Gasteiger charge is 2.49. The number of amides is 1. The van der Waals surface area contributed by atoms with E-state index in [9.17, 15) is 32.8 Å². The molecule has 1 amide bonds. The fourth-order valence-electron chi connectivity index (χ4n) is 10.7. The van der Waals surface area contributed by atoms with Gasteiger partial charge in [-0.05, 0) is 111 Å². The number of rotatable bonds is 13. The molecule has 0 radical (unpaired) electrons. The van der Waals surface area contributed by atoms with Crippen molar-refractivity contribution in [1.82, 2.24) is 24.6 Å². The number of fused-ring (bicyclic) bond motifs is 1. The summed E-state index contributed by atoms with van der Waals surface area (Å²) in [6, 6.07) is 16.5. The van der Waals surface area contributed by atoms with Gasteiger partial charge in [-0.2, -0.15) is 0 Å². The Labute approximate surface area is 388 Å². The summed E-state index contributed by atoms with van der Waals surface area (Å²) in [6.07, 6.45) is 10.3. The molecule has 0 bridgehead atoms. The van der Waals surface area contributed by atoms with Crippen LogP contribution in [0.1, 0.15) is 112 Å². The predicted molar refractivity (Wildman–Crippen MR) is 251 cm³/mol. The number of sulfonamides is 1. The Morgan fingerprint density at radius 2 is 1.80 bits per heavy atom. The van der Waals surface area contributed by atoms with Crippen LogP contribution in [0.5, 0.6) is 11.5 Å². The Balaban J connectivity index is 0.917. The molecule has 18 heteroatoms. The number of hydrogen-bond donors (Lipinski definition) is 4. The largest absolute Gasteiger partial charge is 0.453 e. The van der Waals surface area contributed by atoms with Gasteiger partial charge < -0.3 is 25.0 Å². The summed E-state index contributed by atoms with van der Waals surface area (Å²) in [6.45, 7) is 10.3. The van der Waals surface area contributed by atoms with E-state index in [1.807, 2.05) is 4.72 Å². The zero-order valence-electron chi connectivity index (χ0n) is 37.4. The van der Waals surface area contributed by atoms with Crippen molar-refractivity contribution in [2.75, 3.05) is 42.9 Å². The van der Waals surface area contributed by atoms with Gasteiger partial charge in [-0.3, -0.25) is 19.8 Å². The summed E-state index contributed by atoms with van der Waals surface area (Å²) in [5.74, 6) is -0.753. The Bertz CT molecular complexity index is 2760. The number of piperidine rings is 1. The summed E-state index contributed by atoms with van der Waals surface area (Å²) in [7, 11) is -4.71. The fraction of sp³-hybridized carbons (Fsp3) is 0.479. The van der Waals surface area contributed by atoms with Crippen molar-refractivity contribution in [2.24, 2.45) is 11.3 Å². The van der Waals surface area contributed by atoms with Crippen LogP contribution in [0.15, 0.2) is 71.9 Å². The van der Waals surface area contributed by atoms with Crippen LogP contribution in [0.25, 0.3) is 11.0 Å². The molecule has 15 nitrogen and oxygen atoms in total. The summed E-state index contributed by atoms with van der Waals surface area (Å²) in [5.41, 5.74) is 2.57. The van der Waals surface area contributed by atoms with Crippen molar-refractivity contribution in [3.63, 3.8) is 0 Å². The van der Waals surface area contributed by atoms with E-state index < -0.39 is 42.9 Å². The molecule has 2 aromatic carbocycles. The Morgan fingerprint density at radius 3 is 2.53 bits per heavy atom. The maximum absolute atomic E-state index is 14.7. The van der Waals surface area contributed by atoms with Gasteiger partial charge in [0.2, 0.25) is 5.82 Å². The van der Waals surface area contributed by atoms with Crippen LogP contribution in [-0.4, -0.2) is 88.6 Å². The number of carbonyl (C=O) groups is 1. The van der Waals surface area contributed by atoms with Gasteiger partial charge in [0.1, 0.15) is 22.1 Å². The van der Waals surface area contributed by atoms with Crippen molar-refractivity contribution in [3.05, 3.63) is 105 Å². The van der Waals surface area contributed by atoms with Gasteiger partial charge in [0.25, 0.3) is 15.9 Å². The average molecular weight is 944 g/mol. The minimum Gasteiger partial charge on any atom is -0.453 e. The first kappa shape index (κ1) is 45.8. The number of aliphatic hydroxyl groups is 1. The zero-order valence-corrected chi connectivity index (χ0v) is 38.9. The second kappa shape index (κ2) is 18.0. The van der Waals surface area contributed by atoms with Gasteiger partial charge in [0.15, 0.2) is 10.9 Å². The number of likely N-dealkylation sites (tertiary alicyclic amines) is 1. The monoisotopic (exact) mass is 942 g/mol. The molecule has 4 N–H and O–H groups in total. The topological polar surface area (TPSA) is 196 Å². The van der Waals surface area contributed by atoms with Gasteiger partial charge in [0, 0.05) is 62.8 Å². The van der Waals surface area contributed by atoms with Crippen LogP contribution < -0.4 is 19.7 Å². The highest BCUT2D eigenvalue weighted by atomic mass is 35.5.